The molecule has 19 heavy (non-hydrogen) atoms. The predicted molar refractivity (Wildman–Crippen MR) is 89.9 cm³/mol. The Hall–Kier alpha value is -1.56. The summed E-state index contributed by atoms with van der Waals surface area (Å²) in [6.45, 7) is 12.5. The lowest BCUT2D eigenvalue weighted by Crippen LogP contribution is -1.74. The first-order valence-corrected chi connectivity index (χ1v) is 6.65. The maximum atomic E-state index is 2.12. The van der Waals surface area contributed by atoms with Gasteiger partial charge in [-0.05, 0) is 49.9 Å². The average molecular weight is 258 g/mol. The van der Waals surface area contributed by atoms with Crippen molar-refractivity contribution in [1.82, 2.24) is 0 Å². The molecule has 0 fully saturated rings. The van der Waals surface area contributed by atoms with Crippen molar-refractivity contribution in [1.29, 1.82) is 0 Å². The second-order valence-electron chi connectivity index (χ2n) is 4.17. The summed E-state index contributed by atoms with van der Waals surface area (Å²) in [6.07, 6.45) is 0. The van der Waals surface area contributed by atoms with Gasteiger partial charge in [-0.15, -0.1) is 0 Å². The first-order chi connectivity index (χ1) is 8.61. The summed E-state index contributed by atoms with van der Waals surface area (Å²) in [7, 11) is 0. The Labute approximate surface area is 120 Å². The first-order valence-electron chi connectivity index (χ1n) is 6.65. The van der Waals surface area contributed by atoms with Crippen molar-refractivity contribution < 1.29 is 0 Å². The van der Waals surface area contributed by atoms with Crippen LogP contribution in [0.15, 0.2) is 48.5 Å². The SMILES string of the molecule is C.CC.Cc1ccccc1C.Cc1ccccc1C. The molecule has 2 rings (SSSR count). The van der Waals surface area contributed by atoms with Gasteiger partial charge in [-0.25, -0.2) is 0 Å². The van der Waals surface area contributed by atoms with E-state index in [0.29, 0.717) is 0 Å². The van der Waals surface area contributed by atoms with Crippen molar-refractivity contribution in [3.63, 3.8) is 0 Å². The third kappa shape index (κ3) is 8.20. The van der Waals surface area contributed by atoms with Gasteiger partial charge >= 0.3 is 0 Å². The number of rotatable bonds is 0. The molecule has 0 nitrogen and oxygen atoms in total. The molecule has 0 aliphatic carbocycles. The van der Waals surface area contributed by atoms with E-state index in [1.54, 1.807) is 0 Å². The lowest BCUT2D eigenvalue weighted by molar-refractivity contribution is 1.34. The van der Waals surface area contributed by atoms with Crippen molar-refractivity contribution in [2.45, 2.75) is 49.0 Å². The summed E-state index contributed by atoms with van der Waals surface area (Å²) in [5.74, 6) is 0. The van der Waals surface area contributed by atoms with E-state index in [2.05, 4.69) is 76.2 Å². The van der Waals surface area contributed by atoms with E-state index in [1.165, 1.54) is 22.3 Å². The van der Waals surface area contributed by atoms with Crippen molar-refractivity contribution in [3.05, 3.63) is 70.8 Å². The zero-order chi connectivity index (χ0) is 14.0. The van der Waals surface area contributed by atoms with Crippen LogP contribution in [0.5, 0.6) is 0 Å². The van der Waals surface area contributed by atoms with Crippen LogP contribution in [0, 0.1) is 27.7 Å². The largest absolute Gasteiger partial charge is 0.0776 e. The van der Waals surface area contributed by atoms with Gasteiger partial charge in [0.25, 0.3) is 0 Å². The van der Waals surface area contributed by atoms with Crippen LogP contribution < -0.4 is 0 Å². The molecule has 0 aliphatic heterocycles. The Kier molecular flexibility index (Phi) is 12.0. The Morgan fingerprint density at radius 3 is 0.737 bits per heavy atom. The van der Waals surface area contributed by atoms with Crippen LogP contribution in [0.2, 0.25) is 0 Å². The Morgan fingerprint density at radius 1 is 0.474 bits per heavy atom. The Balaban J connectivity index is 0. The van der Waals surface area contributed by atoms with E-state index >= 15 is 0 Å². The summed E-state index contributed by atoms with van der Waals surface area (Å²) < 4.78 is 0. The lowest BCUT2D eigenvalue weighted by Gasteiger charge is -1.93. The Morgan fingerprint density at radius 2 is 0.632 bits per heavy atom. The molecule has 106 valence electrons. The molecular weight excluding hydrogens is 228 g/mol. The van der Waals surface area contributed by atoms with E-state index in [1.807, 2.05) is 13.8 Å². The lowest BCUT2D eigenvalue weighted by atomic mass is 10.1. The van der Waals surface area contributed by atoms with Crippen molar-refractivity contribution in [2.24, 2.45) is 0 Å². The maximum Gasteiger partial charge on any atom is -0.0395 e. The minimum atomic E-state index is 0. The molecule has 0 aromatic heterocycles. The average Bonchev–Trinajstić information content (AvgIpc) is 2.40. The molecule has 0 spiro atoms. The molecule has 0 N–H and O–H groups in total. The molecule has 2 aromatic rings. The number of hydrogen-bond acceptors (Lipinski definition) is 0. The fraction of sp³-hybridized carbons (Fsp3) is 0.368. The normalized spacial score (nSPS) is 8.11. The summed E-state index contributed by atoms with van der Waals surface area (Å²) in [5, 5.41) is 0. The van der Waals surface area contributed by atoms with E-state index in [0.717, 1.165) is 0 Å². The van der Waals surface area contributed by atoms with E-state index in [-0.39, 0.29) is 7.43 Å². The quantitative estimate of drug-likeness (QED) is 0.522. The van der Waals surface area contributed by atoms with Gasteiger partial charge in [-0.3, -0.25) is 0 Å². The highest BCUT2D eigenvalue weighted by atomic mass is 13.9. The smallest absolute Gasteiger partial charge is 0.0395 e. The van der Waals surface area contributed by atoms with Gasteiger partial charge in [-0.1, -0.05) is 69.8 Å². The third-order valence-electron chi connectivity index (χ3n) is 2.85. The third-order valence-corrected chi connectivity index (χ3v) is 2.85. The molecule has 0 atom stereocenters. The van der Waals surface area contributed by atoms with Crippen LogP contribution in [-0.2, 0) is 0 Å². The fourth-order valence-electron chi connectivity index (χ4n) is 1.33. The molecule has 0 heteroatoms. The second kappa shape index (κ2) is 11.5. The van der Waals surface area contributed by atoms with Crippen molar-refractivity contribution in [2.75, 3.05) is 0 Å². The standard InChI is InChI=1S/2C8H10.C2H6.CH4/c2*1-7-5-3-4-6-8(7)2;1-2;/h2*3-6H,1-2H3;1-2H3;1H4. The van der Waals surface area contributed by atoms with Crippen LogP contribution in [0.25, 0.3) is 0 Å². The van der Waals surface area contributed by atoms with Crippen LogP contribution in [0.4, 0.5) is 0 Å². The molecule has 0 heterocycles. The van der Waals surface area contributed by atoms with Crippen LogP contribution in [0.1, 0.15) is 43.5 Å². The highest BCUT2D eigenvalue weighted by Gasteiger charge is 1.84. The maximum absolute atomic E-state index is 2.12. The fourth-order valence-corrected chi connectivity index (χ4v) is 1.33. The molecule has 0 unspecified atom stereocenters. The molecule has 0 radical (unpaired) electrons. The minimum Gasteiger partial charge on any atom is -0.0776 e. The molecule has 0 saturated carbocycles. The monoisotopic (exact) mass is 258 g/mol. The molecule has 0 aliphatic rings. The van der Waals surface area contributed by atoms with Gasteiger partial charge in [0.05, 0.1) is 0 Å². The van der Waals surface area contributed by atoms with Crippen molar-refractivity contribution in [3.8, 4) is 0 Å². The summed E-state index contributed by atoms with van der Waals surface area (Å²) in [5.41, 5.74) is 5.47. The zero-order valence-corrected chi connectivity index (χ0v) is 12.6. The minimum absolute atomic E-state index is 0. The van der Waals surface area contributed by atoms with Gasteiger partial charge in [0.2, 0.25) is 0 Å². The highest BCUT2D eigenvalue weighted by Crippen LogP contribution is 2.03. The van der Waals surface area contributed by atoms with Crippen LogP contribution in [-0.4, -0.2) is 0 Å². The first kappa shape index (κ1) is 19.8. The van der Waals surface area contributed by atoms with Gasteiger partial charge in [0.1, 0.15) is 0 Å². The number of benzene rings is 2. The number of hydrogen-bond donors (Lipinski definition) is 0. The summed E-state index contributed by atoms with van der Waals surface area (Å²) >= 11 is 0. The van der Waals surface area contributed by atoms with E-state index < -0.39 is 0 Å². The van der Waals surface area contributed by atoms with E-state index in [4.69, 9.17) is 0 Å². The number of aryl methyl sites for hydroxylation is 4. The van der Waals surface area contributed by atoms with Gasteiger partial charge in [-0.2, -0.15) is 0 Å². The predicted octanol–water partition coefficient (Wildman–Crippen LogP) is 6.27. The second-order valence-corrected chi connectivity index (χ2v) is 4.17. The summed E-state index contributed by atoms with van der Waals surface area (Å²) in [4.78, 5) is 0. The van der Waals surface area contributed by atoms with Crippen LogP contribution in [0.3, 0.4) is 0 Å². The zero-order valence-electron chi connectivity index (χ0n) is 12.6. The molecule has 0 bridgehead atoms. The van der Waals surface area contributed by atoms with Gasteiger partial charge < -0.3 is 0 Å². The molecular formula is C19H30. The summed E-state index contributed by atoms with van der Waals surface area (Å²) in [6, 6.07) is 16.7. The molecule has 0 saturated heterocycles. The molecule has 0 amide bonds. The molecule has 2 aromatic carbocycles. The topological polar surface area (TPSA) is 0 Å². The Bertz CT molecular complexity index is 356. The van der Waals surface area contributed by atoms with E-state index in [9.17, 15) is 0 Å². The van der Waals surface area contributed by atoms with Gasteiger partial charge in [0, 0.05) is 0 Å². The van der Waals surface area contributed by atoms with Gasteiger partial charge in [0.15, 0.2) is 0 Å². The van der Waals surface area contributed by atoms with Crippen LogP contribution >= 0.6 is 0 Å². The van der Waals surface area contributed by atoms with Crippen molar-refractivity contribution >= 4 is 0 Å². The highest BCUT2D eigenvalue weighted by molar-refractivity contribution is 5.23.